The van der Waals surface area contributed by atoms with Crippen molar-refractivity contribution in [3.05, 3.63) is 0 Å². The first kappa shape index (κ1) is 26.6. The molecule has 0 aliphatic heterocycles. The lowest BCUT2D eigenvalue weighted by atomic mass is 10.0. The Morgan fingerprint density at radius 3 is 1.61 bits per heavy atom. The Kier molecular flexibility index (Phi) is 19.3. The summed E-state index contributed by atoms with van der Waals surface area (Å²) >= 11 is 0. The smallest absolute Gasteiger partial charge is 0.326 e. The zero-order valence-corrected chi connectivity index (χ0v) is 18.1. The van der Waals surface area contributed by atoms with E-state index in [1.165, 1.54) is 77.0 Å². The molecule has 28 heavy (non-hydrogen) atoms. The highest BCUT2D eigenvalue weighted by atomic mass is 16.4. The molecule has 1 atom stereocenters. The van der Waals surface area contributed by atoms with Crippen molar-refractivity contribution in [3.63, 3.8) is 0 Å². The quantitative estimate of drug-likeness (QED) is 0.189. The maximum atomic E-state index is 11.8. The fraction of sp³-hybridized carbons (Fsp3) is 0.870. The van der Waals surface area contributed by atoms with Crippen LogP contribution in [0.4, 0.5) is 0 Å². The summed E-state index contributed by atoms with van der Waals surface area (Å²) in [5.41, 5.74) is 0. The number of carboxylic acid groups (broad SMARTS) is 1. The fourth-order valence-corrected chi connectivity index (χ4v) is 3.42. The van der Waals surface area contributed by atoms with Gasteiger partial charge in [0.15, 0.2) is 0 Å². The van der Waals surface area contributed by atoms with Crippen molar-refractivity contribution in [2.24, 2.45) is 0 Å². The highest BCUT2D eigenvalue weighted by molar-refractivity contribution is 5.83. The van der Waals surface area contributed by atoms with Gasteiger partial charge in [-0.2, -0.15) is 0 Å². The Bertz CT molecular complexity index is 398. The minimum absolute atomic E-state index is 0.149. The fourth-order valence-electron chi connectivity index (χ4n) is 3.42. The van der Waals surface area contributed by atoms with Crippen molar-refractivity contribution in [1.29, 1.82) is 0 Å². The van der Waals surface area contributed by atoms with Gasteiger partial charge in [0.05, 0.1) is 0 Å². The summed E-state index contributed by atoms with van der Waals surface area (Å²) < 4.78 is 0. The van der Waals surface area contributed by atoms with Crippen LogP contribution in [-0.4, -0.2) is 29.3 Å². The van der Waals surface area contributed by atoms with Gasteiger partial charge in [0.25, 0.3) is 0 Å². The van der Waals surface area contributed by atoms with Crippen molar-refractivity contribution in [1.82, 2.24) is 5.32 Å². The average molecular weight is 398 g/mol. The summed E-state index contributed by atoms with van der Waals surface area (Å²) in [6.07, 6.45) is 20.5. The predicted octanol–water partition coefficient (Wildman–Crippen LogP) is 5.80. The number of unbranched alkanes of at least 4 members (excludes halogenated alkanes) is 14. The third kappa shape index (κ3) is 18.0. The molecule has 164 valence electrons. The summed E-state index contributed by atoms with van der Waals surface area (Å²) in [7, 11) is 0. The third-order valence-corrected chi connectivity index (χ3v) is 5.21. The Hall–Kier alpha value is -1.39. The van der Waals surface area contributed by atoms with E-state index in [4.69, 9.17) is 5.11 Å². The monoisotopic (exact) mass is 397 g/mol. The van der Waals surface area contributed by atoms with Crippen LogP contribution >= 0.6 is 0 Å². The van der Waals surface area contributed by atoms with Gasteiger partial charge in [-0.15, -0.1) is 0 Å². The SMILES string of the molecule is CCCCCCCCCCCCCCCCCC(=O)N[C@@H](CCC=O)C(=O)O. The van der Waals surface area contributed by atoms with Crippen molar-refractivity contribution in [3.8, 4) is 0 Å². The molecule has 0 aromatic carbocycles. The molecular formula is C23H43NO4. The van der Waals surface area contributed by atoms with Gasteiger partial charge in [-0.1, -0.05) is 96.8 Å². The van der Waals surface area contributed by atoms with E-state index in [9.17, 15) is 14.4 Å². The van der Waals surface area contributed by atoms with E-state index in [0.717, 1.165) is 19.3 Å². The molecule has 0 heterocycles. The van der Waals surface area contributed by atoms with Crippen LogP contribution in [-0.2, 0) is 14.4 Å². The van der Waals surface area contributed by atoms with Crippen LogP contribution in [0.3, 0.4) is 0 Å². The number of carboxylic acids is 1. The lowest BCUT2D eigenvalue weighted by Gasteiger charge is -2.13. The van der Waals surface area contributed by atoms with Crippen molar-refractivity contribution >= 4 is 18.2 Å². The first-order chi connectivity index (χ1) is 13.6. The highest BCUT2D eigenvalue weighted by Crippen LogP contribution is 2.13. The molecule has 0 unspecified atom stereocenters. The van der Waals surface area contributed by atoms with Gasteiger partial charge in [-0.25, -0.2) is 4.79 Å². The number of rotatable bonds is 21. The van der Waals surface area contributed by atoms with Gasteiger partial charge in [0.1, 0.15) is 12.3 Å². The molecule has 5 nitrogen and oxygen atoms in total. The van der Waals surface area contributed by atoms with E-state index in [2.05, 4.69) is 12.2 Å². The second-order valence-electron chi connectivity index (χ2n) is 7.90. The minimum atomic E-state index is -1.08. The number of carbonyl (C=O) groups excluding carboxylic acids is 2. The maximum Gasteiger partial charge on any atom is 0.326 e. The van der Waals surface area contributed by atoms with Gasteiger partial charge < -0.3 is 15.2 Å². The van der Waals surface area contributed by atoms with E-state index in [-0.39, 0.29) is 18.7 Å². The largest absolute Gasteiger partial charge is 0.480 e. The van der Waals surface area contributed by atoms with Crippen molar-refractivity contribution in [2.45, 2.75) is 129 Å². The number of amides is 1. The minimum Gasteiger partial charge on any atom is -0.480 e. The topological polar surface area (TPSA) is 83.5 Å². The first-order valence-corrected chi connectivity index (χ1v) is 11.6. The van der Waals surface area contributed by atoms with Gasteiger partial charge >= 0.3 is 5.97 Å². The zero-order chi connectivity index (χ0) is 20.9. The third-order valence-electron chi connectivity index (χ3n) is 5.21. The highest BCUT2D eigenvalue weighted by Gasteiger charge is 2.18. The normalized spacial score (nSPS) is 11.9. The van der Waals surface area contributed by atoms with Gasteiger partial charge in [0, 0.05) is 12.8 Å². The molecule has 0 spiro atoms. The van der Waals surface area contributed by atoms with Crippen molar-refractivity contribution < 1.29 is 19.5 Å². The number of hydrogen-bond donors (Lipinski definition) is 2. The van der Waals surface area contributed by atoms with E-state index in [0.29, 0.717) is 12.7 Å². The predicted molar refractivity (Wildman–Crippen MR) is 114 cm³/mol. The summed E-state index contributed by atoms with van der Waals surface area (Å²) in [5, 5.41) is 11.5. The van der Waals surface area contributed by atoms with Crippen LogP contribution in [0.1, 0.15) is 122 Å². The molecule has 0 saturated carbocycles. The number of nitrogens with one attached hydrogen (secondary N) is 1. The standard InChI is InChI=1S/C23H43NO4/c1-2-3-4-5-6-7-8-9-10-11-12-13-14-15-16-19-22(26)24-21(23(27)28)18-17-20-25/h20-21H,2-19H2,1H3,(H,24,26)(H,27,28)/t21-/m0/s1. The Morgan fingerprint density at radius 2 is 1.21 bits per heavy atom. The number of hydrogen-bond acceptors (Lipinski definition) is 3. The average Bonchev–Trinajstić information content (AvgIpc) is 2.67. The number of aliphatic carboxylic acids is 1. The van der Waals surface area contributed by atoms with E-state index >= 15 is 0 Å². The molecule has 0 aromatic heterocycles. The molecule has 0 rings (SSSR count). The molecule has 0 aromatic rings. The molecule has 0 aliphatic carbocycles. The molecule has 5 heteroatoms. The first-order valence-electron chi connectivity index (χ1n) is 11.6. The lowest BCUT2D eigenvalue weighted by molar-refractivity contribution is -0.142. The lowest BCUT2D eigenvalue weighted by Crippen LogP contribution is -2.40. The van der Waals surface area contributed by atoms with Crippen LogP contribution in [0.5, 0.6) is 0 Å². The molecule has 0 aliphatic rings. The second-order valence-corrected chi connectivity index (χ2v) is 7.90. The maximum absolute atomic E-state index is 11.8. The molecule has 0 fully saturated rings. The number of carbonyl (C=O) groups is 3. The van der Waals surface area contributed by atoms with Crippen LogP contribution in [0.25, 0.3) is 0 Å². The molecule has 0 saturated heterocycles. The van der Waals surface area contributed by atoms with Gasteiger partial charge in [-0.05, 0) is 12.8 Å². The van der Waals surface area contributed by atoms with Crippen LogP contribution in [0.15, 0.2) is 0 Å². The molecule has 2 N–H and O–H groups in total. The molecular weight excluding hydrogens is 354 g/mol. The zero-order valence-electron chi connectivity index (χ0n) is 18.1. The van der Waals surface area contributed by atoms with Crippen LogP contribution in [0.2, 0.25) is 0 Å². The second kappa shape index (κ2) is 20.3. The van der Waals surface area contributed by atoms with E-state index in [1.807, 2.05) is 0 Å². The summed E-state index contributed by atoms with van der Waals surface area (Å²) in [5.74, 6) is -1.31. The summed E-state index contributed by atoms with van der Waals surface area (Å²) in [6.45, 7) is 2.26. The Balaban J connectivity index is 3.39. The van der Waals surface area contributed by atoms with Crippen LogP contribution in [0, 0.1) is 0 Å². The van der Waals surface area contributed by atoms with E-state index in [1.54, 1.807) is 0 Å². The van der Waals surface area contributed by atoms with E-state index < -0.39 is 12.0 Å². The summed E-state index contributed by atoms with van der Waals surface area (Å²) in [4.78, 5) is 33.2. The molecule has 0 bridgehead atoms. The van der Waals surface area contributed by atoms with Crippen LogP contribution < -0.4 is 5.32 Å². The van der Waals surface area contributed by atoms with Crippen molar-refractivity contribution in [2.75, 3.05) is 0 Å². The Morgan fingerprint density at radius 1 is 0.786 bits per heavy atom. The summed E-state index contributed by atoms with van der Waals surface area (Å²) in [6, 6.07) is -0.950. The number of aldehydes is 1. The Labute approximate surface area is 172 Å². The molecule has 0 radical (unpaired) electrons. The van der Waals surface area contributed by atoms with Gasteiger partial charge in [-0.3, -0.25) is 4.79 Å². The molecule has 1 amide bonds. The van der Waals surface area contributed by atoms with Gasteiger partial charge in [0.2, 0.25) is 5.91 Å².